The topological polar surface area (TPSA) is 21.3 Å². The van der Waals surface area contributed by atoms with Crippen LogP contribution < -0.4 is 10.1 Å². The van der Waals surface area contributed by atoms with Crippen molar-refractivity contribution >= 4 is 0 Å². The van der Waals surface area contributed by atoms with Gasteiger partial charge in [-0.05, 0) is 37.1 Å². The molecule has 2 heteroatoms. The lowest BCUT2D eigenvalue weighted by molar-refractivity contribution is 0.309. The van der Waals surface area contributed by atoms with Crippen LogP contribution in [0, 0.1) is 0 Å². The van der Waals surface area contributed by atoms with Crippen LogP contribution in [0.1, 0.15) is 70.8 Å². The highest BCUT2D eigenvalue weighted by molar-refractivity contribution is 5.27. The first-order valence-electron chi connectivity index (χ1n) is 8.79. The molecule has 0 aliphatic heterocycles. The second-order valence-electron chi connectivity index (χ2n) is 5.79. The fraction of sp³-hybridized carbons (Fsp3) is 0.684. The van der Waals surface area contributed by atoms with Gasteiger partial charge in [0.15, 0.2) is 0 Å². The van der Waals surface area contributed by atoms with Crippen LogP contribution in [-0.4, -0.2) is 13.2 Å². The Kier molecular flexibility index (Phi) is 10.9. The molecular weight excluding hydrogens is 258 g/mol. The molecule has 0 amide bonds. The normalized spacial score (nSPS) is 10.8. The number of hydrogen-bond acceptors (Lipinski definition) is 2. The molecule has 0 unspecified atom stereocenters. The van der Waals surface area contributed by atoms with Crippen molar-refractivity contribution in [1.29, 1.82) is 0 Å². The van der Waals surface area contributed by atoms with Gasteiger partial charge in [-0.15, -0.1) is 0 Å². The van der Waals surface area contributed by atoms with Crippen molar-refractivity contribution in [3.05, 3.63) is 29.8 Å². The predicted molar refractivity (Wildman–Crippen MR) is 91.9 cm³/mol. The summed E-state index contributed by atoms with van der Waals surface area (Å²) in [7, 11) is 0. The summed E-state index contributed by atoms with van der Waals surface area (Å²) < 4.78 is 5.67. The zero-order valence-electron chi connectivity index (χ0n) is 14.0. The molecule has 2 nitrogen and oxygen atoms in total. The third-order valence-corrected chi connectivity index (χ3v) is 3.73. The van der Waals surface area contributed by atoms with Crippen LogP contribution >= 0.6 is 0 Å². The molecule has 0 aliphatic carbocycles. The SMILES string of the molecule is CCCCCCCCNCc1ccc(OCCCC)cc1. The number of benzene rings is 1. The van der Waals surface area contributed by atoms with E-state index in [1.807, 2.05) is 0 Å². The summed E-state index contributed by atoms with van der Waals surface area (Å²) in [6.07, 6.45) is 10.5. The van der Waals surface area contributed by atoms with Gasteiger partial charge in [-0.1, -0.05) is 64.5 Å². The minimum atomic E-state index is 0.826. The number of unbranched alkanes of at least 4 members (excludes halogenated alkanes) is 6. The molecule has 0 atom stereocenters. The molecule has 0 aromatic heterocycles. The van der Waals surface area contributed by atoms with E-state index in [2.05, 4.69) is 43.4 Å². The van der Waals surface area contributed by atoms with E-state index >= 15 is 0 Å². The Morgan fingerprint density at radius 2 is 1.48 bits per heavy atom. The summed E-state index contributed by atoms with van der Waals surface area (Å²) in [6.45, 7) is 7.36. The van der Waals surface area contributed by atoms with Gasteiger partial charge >= 0.3 is 0 Å². The van der Waals surface area contributed by atoms with E-state index in [4.69, 9.17) is 4.74 Å². The number of hydrogen-bond donors (Lipinski definition) is 1. The monoisotopic (exact) mass is 291 g/mol. The lowest BCUT2D eigenvalue weighted by Gasteiger charge is -2.08. The lowest BCUT2D eigenvalue weighted by Crippen LogP contribution is -2.14. The fourth-order valence-electron chi connectivity index (χ4n) is 2.30. The quantitative estimate of drug-likeness (QED) is 0.497. The van der Waals surface area contributed by atoms with Crippen molar-refractivity contribution in [3.63, 3.8) is 0 Å². The van der Waals surface area contributed by atoms with E-state index in [-0.39, 0.29) is 0 Å². The zero-order valence-corrected chi connectivity index (χ0v) is 14.0. The van der Waals surface area contributed by atoms with Crippen LogP contribution in [0.5, 0.6) is 5.75 Å². The highest BCUT2D eigenvalue weighted by Crippen LogP contribution is 2.12. The maximum Gasteiger partial charge on any atom is 0.119 e. The molecule has 0 saturated carbocycles. The van der Waals surface area contributed by atoms with E-state index < -0.39 is 0 Å². The first-order chi connectivity index (χ1) is 10.4. The van der Waals surface area contributed by atoms with Crippen LogP contribution in [0.25, 0.3) is 0 Å². The van der Waals surface area contributed by atoms with Gasteiger partial charge in [-0.2, -0.15) is 0 Å². The number of rotatable bonds is 13. The standard InChI is InChI=1S/C19H33NO/c1-3-5-7-8-9-10-15-20-17-18-11-13-19(14-12-18)21-16-6-4-2/h11-14,20H,3-10,15-17H2,1-2H3. The van der Waals surface area contributed by atoms with Crippen LogP contribution in [0.4, 0.5) is 0 Å². The largest absolute Gasteiger partial charge is 0.494 e. The van der Waals surface area contributed by atoms with E-state index in [0.717, 1.165) is 31.9 Å². The Balaban J connectivity index is 2.04. The van der Waals surface area contributed by atoms with Crippen LogP contribution in [-0.2, 0) is 6.54 Å². The van der Waals surface area contributed by atoms with Gasteiger partial charge in [-0.3, -0.25) is 0 Å². The molecule has 0 fully saturated rings. The third-order valence-electron chi connectivity index (χ3n) is 3.73. The van der Waals surface area contributed by atoms with Gasteiger partial charge in [0.2, 0.25) is 0 Å². The molecular formula is C19H33NO. The molecule has 0 aliphatic rings. The first-order valence-corrected chi connectivity index (χ1v) is 8.79. The van der Waals surface area contributed by atoms with Gasteiger partial charge in [0.1, 0.15) is 5.75 Å². The molecule has 0 spiro atoms. The lowest BCUT2D eigenvalue weighted by atomic mass is 10.1. The molecule has 0 radical (unpaired) electrons. The van der Waals surface area contributed by atoms with Gasteiger partial charge in [0.05, 0.1) is 6.61 Å². The fourth-order valence-corrected chi connectivity index (χ4v) is 2.30. The maximum absolute atomic E-state index is 5.67. The van der Waals surface area contributed by atoms with Crippen LogP contribution in [0.2, 0.25) is 0 Å². The van der Waals surface area contributed by atoms with Crippen molar-refractivity contribution < 1.29 is 4.74 Å². The van der Waals surface area contributed by atoms with Gasteiger partial charge in [-0.25, -0.2) is 0 Å². The van der Waals surface area contributed by atoms with Crippen molar-refractivity contribution in [2.45, 2.75) is 71.8 Å². The molecule has 1 aromatic rings. The van der Waals surface area contributed by atoms with Crippen LogP contribution in [0.15, 0.2) is 24.3 Å². The summed E-state index contributed by atoms with van der Waals surface area (Å²) in [5, 5.41) is 3.52. The Morgan fingerprint density at radius 3 is 2.19 bits per heavy atom. The summed E-state index contributed by atoms with van der Waals surface area (Å²) >= 11 is 0. The van der Waals surface area contributed by atoms with Crippen molar-refractivity contribution in [2.24, 2.45) is 0 Å². The molecule has 21 heavy (non-hydrogen) atoms. The van der Waals surface area contributed by atoms with E-state index in [1.165, 1.54) is 50.5 Å². The Labute approximate surface area is 131 Å². The summed E-state index contributed by atoms with van der Waals surface area (Å²) in [6, 6.07) is 8.49. The minimum Gasteiger partial charge on any atom is -0.494 e. The Hall–Kier alpha value is -1.02. The third kappa shape index (κ3) is 9.52. The van der Waals surface area contributed by atoms with Crippen LogP contribution in [0.3, 0.4) is 0 Å². The minimum absolute atomic E-state index is 0.826. The van der Waals surface area contributed by atoms with Gasteiger partial charge < -0.3 is 10.1 Å². The van der Waals surface area contributed by atoms with E-state index in [1.54, 1.807) is 0 Å². The van der Waals surface area contributed by atoms with E-state index in [0.29, 0.717) is 0 Å². The second kappa shape index (κ2) is 12.7. The molecule has 0 bridgehead atoms. The highest BCUT2D eigenvalue weighted by Gasteiger charge is 1.96. The predicted octanol–water partition coefficient (Wildman–Crippen LogP) is 5.32. The number of nitrogens with one attached hydrogen (secondary N) is 1. The molecule has 1 N–H and O–H groups in total. The van der Waals surface area contributed by atoms with Crippen molar-refractivity contribution in [3.8, 4) is 5.75 Å². The summed E-state index contributed by atoms with van der Waals surface area (Å²) in [4.78, 5) is 0. The summed E-state index contributed by atoms with van der Waals surface area (Å²) in [5.41, 5.74) is 1.34. The van der Waals surface area contributed by atoms with E-state index in [9.17, 15) is 0 Å². The average Bonchev–Trinajstić information content (AvgIpc) is 2.52. The first kappa shape index (κ1) is 18.0. The maximum atomic E-state index is 5.67. The molecule has 0 heterocycles. The Bertz CT molecular complexity index is 334. The average molecular weight is 291 g/mol. The number of ether oxygens (including phenoxy) is 1. The smallest absolute Gasteiger partial charge is 0.119 e. The van der Waals surface area contributed by atoms with Crippen molar-refractivity contribution in [1.82, 2.24) is 5.32 Å². The highest BCUT2D eigenvalue weighted by atomic mass is 16.5. The summed E-state index contributed by atoms with van der Waals surface area (Å²) in [5.74, 6) is 0.989. The van der Waals surface area contributed by atoms with Gasteiger partial charge in [0.25, 0.3) is 0 Å². The Morgan fingerprint density at radius 1 is 0.810 bits per heavy atom. The zero-order chi connectivity index (χ0) is 15.2. The molecule has 120 valence electrons. The molecule has 1 rings (SSSR count). The second-order valence-corrected chi connectivity index (χ2v) is 5.79. The van der Waals surface area contributed by atoms with Gasteiger partial charge in [0, 0.05) is 6.54 Å². The molecule has 1 aromatic carbocycles. The van der Waals surface area contributed by atoms with Crippen molar-refractivity contribution in [2.75, 3.05) is 13.2 Å². The molecule has 0 saturated heterocycles.